The molecule has 3 rings (SSSR count). The van der Waals surface area contributed by atoms with Gasteiger partial charge in [-0.25, -0.2) is 13.4 Å². The summed E-state index contributed by atoms with van der Waals surface area (Å²) in [4.78, 5) is 16.8. The normalized spacial score (nSPS) is 20.7. The van der Waals surface area contributed by atoms with Gasteiger partial charge in [0.05, 0.1) is 6.26 Å². The minimum atomic E-state index is -3.38. The van der Waals surface area contributed by atoms with E-state index in [9.17, 15) is 13.2 Å². The topological polar surface area (TPSA) is 92.5 Å². The lowest BCUT2D eigenvalue weighted by molar-refractivity contribution is -0.125. The fraction of sp³-hybridized carbons (Fsp3) is 0.467. The summed E-state index contributed by atoms with van der Waals surface area (Å²) in [5.74, 6) is 0.0890. The molecule has 0 aliphatic carbocycles. The molecule has 0 saturated carbocycles. The smallest absolute Gasteiger partial charge is 0.239 e. The van der Waals surface area contributed by atoms with Crippen molar-refractivity contribution in [1.82, 2.24) is 14.6 Å². The number of benzene rings is 1. The van der Waals surface area contributed by atoms with Crippen molar-refractivity contribution < 1.29 is 17.6 Å². The minimum absolute atomic E-state index is 0.317. The van der Waals surface area contributed by atoms with Gasteiger partial charge in [-0.2, -0.15) is 4.31 Å². The van der Waals surface area contributed by atoms with E-state index in [1.807, 2.05) is 24.3 Å². The Hall–Kier alpha value is -1.93. The molecular weight excluding hydrogens is 318 g/mol. The van der Waals surface area contributed by atoms with Crippen LogP contribution >= 0.6 is 0 Å². The van der Waals surface area contributed by atoms with Gasteiger partial charge in [-0.3, -0.25) is 4.79 Å². The van der Waals surface area contributed by atoms with Crippen molar-refractivity contribution in [2.24, 2.45) is 0 Å². The summed E-state index contributed by atoms with van der Waals surface area (Å²) >= 11 is 0. The number of oxazole rings is 1. The second-order valence-electron chi connectivity index (χ2n) is 5.78. The summed E-state index contributed by atoms with van der Waals surface area (Å²) in [5.41, 5.74) is 1.38. The van der Waals surface area contributed by atoms with Crippen LogP contribution in [0, 0.1) is 0 Å². The molecule has 1 aromatic carbocycles. The van der Waals surface area contributed by atoms with Gasteiger partial charge in [-0.1, -0.05) is 12.1 Å². The van der Waals surface area contributed by atoms with Crippen molar-refractivity contribution in [3.63, 3.8) is 0 Å². The number of nitrogens with one attached hydrogen (secondary N) is 1. The van der Waals surface area contributed by atoms with Crippen LogP contribution in [0.5, 0.6) is 0 Å². The lowest BCUT2D eigenvalue weighted by atomic mass is 10.2. The zero-order valence-electron chi connectivity index (χ0n) is 13.0. The van der Waals surface area contributed by atoms with Crippen molar-refractivity contribution in [2.45, 2.75) is 31.8 Å². The van der Waals surface area contributed by atoms with Crippen molar-refractivity contribution in [2.75, 3.05) is 12.8 Å². The van der Waals surface area contributed by atoms with Crippen LogP contribution in [-0.4, -0.2) is 42.5 Å². The molecule has 124 valence electrons. The quantitative estimate of drug-likeness (QED) is 0.911. The molecule has 0 radical (unpaired) electrons. The van der Waals surface area contributed by atoms with Crippen LogP contribution in [0.4, 0.5) is 0 Å². The first-order valence-electron chi connectivity index (χ1n) is 7.49. The van der Waals surface area contributed by atoms with Gasteiger partial charge >= 0.3 is 0 Å². The molecule has 2 aromatic rings. The molecule has 7 nitrogen and oxygen atoms in total. The highest BCUT2D eigenvalue weighted by atomic mass is 32.2. The average Bonchev–Trinajstić information content (AvgIpc) is 3.13. The van der Waals surface area contributed by atoms with Crippen LogP contribution in [0.3, 0.4) is 0 Å². The molecular formula is C15H19N3O4S. The third-order valence-electron chi connectivity index (χ3n) is 3.97. The average molecular weight is 337 g/mol. The molecule has 2 atom stereocenters. The fourth-order valence-electron chi connectivity index (χ4n) is 2.85. The largest absolute Gasteiger partial charge is 0.438 e. The van der Waals surface area contributed by atoms with E-state index in [1.54, 1.807) is 6.92 Å². The number of aromatic nitrogens is 1. The Morgan fingerprint density at radius 3 is 2.87 bits per heavy atom. The Balaban J connectivity index is 1.74. The van der Waals surface area contributed by atoms with E-state index >= 15 is 0 Å². The zero-order valence-corrected chi connectivity index (χ0v) is 13.8. The van der Waals surface area contributed by atoms with Gasteiger partial charge in [-0.15, -0.1) is 0 Å². The lowest BCUT2D eigenvalue weighted by Gasteiger charge is -2.22. The minimum Gasteiger partial charge on any atom is -0.438 e. The summed E-state index contributed by atoms with van der Waals surface area (Å²) in [5, 5.41) is 2.80. The Morgan fingerprint density at radius 2 is 2.17 bits per heavy atom. The molecule has 0 unspecified atom stereocenters. The number of carbonyl (C=O) groups excluding carboxylic acids is 1. The first-order valence-corrected chi connectivity index (χ1v) is 9.34. The Bertz CT molecular complexity index is 797. The van der Waals surface area contributed by atoms with E-state index in [4.69, 9.17) is 4.42 Å². The molecule has 1 saturated heterocycles. The second kappa shape index (κ2) is 5.93. The van der Waals surface area contributed by atoms with E-state index in [-0.39, 0.29) is 5.91 Å². The van der Waals surface area contributed by atoms with Crippen LogP contribution in [-0.2, 0) is 14.8 Å². The number of para-hydroxylation sites is 2. The molecule has 0 bridgehead atoms. The van der Waals surface area contributed by atoms with Crippen LogP contribution in [0.15, 0.2) is 28.7 Å². The van der Waals surface area contributed by atoms with Crippen molar-refractivity contribution in [3.8, 4) is 0 Å². The van der Waals surface area contributed by atoms with Crippen LogP contribution in [0.25, 0.3) is 11.1 Å². The zero-order chi connectivity index (χ0) is 16.6. The number of fused-ring (bicyclic) bond motifs is 1. The number of carbonyl (C=O) groups is 1. The van der Waals surface area contributed by atoms with Crippen molar-refractivity contribution in [1.29, 1.82) is 0 Å². The third kappa shape index (κ3) is 3.23. The molecule has 8 heteroatoms. The number of amides is 1. The summed E-state index contributed by atoms with van der Waals surface area (Å²) in [6, 6.07) is 6.26. The molecule has 1 aromatic heterocycles. The Kier molecular flexibility index (Phi) is 4.11. The standard InChI is InChI=1S/C15H19N3O4S/c1-10(15-17-11-6-3-4-8-13(11)22-15)16-14(19)12-7-5-9-18(12)23(2,20)21/h3-4,6,8,10,12H,5,7,9H2,1-2H3,(H,16,19)/t10-,12-/m0/s1. The molecule has 1 N–H and O–H groups in total. The monoisotopic (exact) mass is 337 g/mol. The summed E-state index contributed by atoms with van der Waals surface area (Å²) < 4.78 is 30.4. The maximum atomic E-state index is 12.4. The Morgan fingerprint density at radius 1 is 1.43 bits per heavy atom. The molecule has 1 aliphatic heterocycles. The fourth-order valence-corrected chi connectivity index (χ4v) is 3.97. The van der Waals surface area contributed by atoms with E-state index in [1.165, 1.54) is 4.31 Å². The lowest BCUT2D eigenvalue weighted by Crippen LogP contribution is -2.46. The molecule has 1 aliphatic rings. The summed E-state index contributed by atoms with van der Waals surface area (Å²) in [6.45, 7) is 2.15. The number of hydrogen-bond donors (Lipinski definition) is 1. The highest BCUT2D eigenvalue weighted by molar-refractivity contribution is 7.88. The molecule has 1 fully saturated rings. The van der Waals surface area contributed by atoms with E-state index in [0.717, 1.165) is 11.8 Å². The Labute approximate surface area is 134 Å². The maximum Gasteiger partial charge on any atom is 0.239 e. The van der Waals surface area contributed by atoms with Gasteiger partial charge in [0, 0.05) is 6.54 Å². The van der Waals surface area contributed by atoms with E-state index in [2.05, 4.69) is 10.3 Å². The predicted octanol–water partition coefficient (Wildman–Crippen LogP) is 1.43. The third-order valence-corrected chi connectivity index (χ3v) is 5.26. The number of sulfonamides is 1. The van der Waals surface area contributed by atoms with Gasteiger partial charge in [0.2, 0.25) is 21.8 Å². The highest BCUT2D eigenvalue weighted by Gasteiger charge is 2.37. The maximum absolute atomic E-state index is 12.4. The first-order chi connectivity index (χ1) is 10.9. The molecule has 23 heavy (non-hydrogen) atoms. The number of nitrogens with zero attached hydrogens (tertiary/aromatic N) is 2. The van der Waals surface area contributed by atoms with Gasteiger partial charge in [0.15, 0.2) is 5.58 Å². The van der Waals surface area contributed by atoms with Gasteiger partial charge in [0.1, 0.15) is 17.6 Å². The summed E-state index contributed by atoms with van der Waals surface area (Å²) in [6.07, 6.45) is 2.34. The van der Waals surface area contributed by atoms with Crippen LogP contribution in [0.2, 0.25) is 0 Å². The second-order valence-corrected chi connectivity index (χ2v) is 7.72. The van der Waals surface area contributed by atoms with E-state index < -0.39 is 22.1 Å². The molecule has 1 amide bonds. The summed E-state index contributed by atoms with van der Waals surface area (Å²) in [7, 11) is -3.38. The van der Waals surface area contributed by atoms with Gasteiger partial charge in [-0.05, 0) is 31.9 Å². The SMILES string of the molecule is C[C@H](NC(=O)[C@@H]1CCCN1S(C)(=O)=O)c1nc2ccccc2o1. The molecule has 2 heterocycles. The number of rotatable bonds is 4. The highest BCUT2D eigenvalue weighted by Crippen LogP contribution is 2.23. The van der Waals surface area contributed by atoms with Crippen LogP contribution in [0.1, 0.15) is 31.7 Å². The first kappa shape index (κ1) is 15.9. The van der Waals surface area contributed by atoms with Crippen molar-refractivity contribution in [3.05, 3.63) is 30.2 Å². The van der Waals surface area contributed by atoms with E-state index in [0.29, 0.717) is 30.9 Å². The van der Waals surface area contributed by atoms with Gasteiger partial charge in [0.25, 0.3) is 0 Å². The number of hydrogen-bond acceptors (Lipinski definition) is 5. The van der Waals surface area contributed by atoms with Crippen LogP contribution < -0.4 is 5.32 Å². The predicted molar refractivity (Wildman–Crippen MR) is 85.1 cm³/mol. The van der Waals surface area contributed by atoms with Gasteiger partial charge < -0.3 is 9.73 Å². The molecule has 0 spiro atoms. The van der Waals surface area contributed by atoms with Crippen molar-refractivity contribution >= 4 is 27.0 Å².